The molecule has 0 radical (unpaired) electrons. The number of hydrogen-bond donors (Lipinski definition) is 2. The summed E-state index contributed by atoms with van der Waals surface area (Å²) in [7, 11) is 1.53. The number of thiophene rings is 1. The van der Waals surface area contributed by atoms with Gasteiger partial charge in [-0.05, 0) is 62.0 Å². The molecule has 0 fully saturated rings. The van der Waals surface area contributed by atoms with Gasteiger partial charge in [-0.3, -0.25) is 10.1 Å². The van der Waals surface area contributed by atoms with Gasteiger partial charge in [0, 0.05) is 4.88 Å². The number of thiocarbonyl (C=S) groups is 1. The van der Waals surface area contributed by atoms with Crippen LogP contribution in [0.15, 0.2) is 18.2 Å². The predicted octanol–water partition coefficient (Wildman–Crippen LogP) is 3.94. The summed E-state index contributed by atoms with van der Waals surface area (Å²) < 4.78 is 5.32. The van der Waals surface area contributed by atoms with Crippen LogP contribution in [0.1, 0.15) is 44.8 Å². The van der Waals surface area contributed by atoms with Gasteiger partial charge in [0.1, 0.15) is 16.8 Å². The van der Waals surface area contributed by atoms with Gasteiger partial charge in [0.25, 0.3) is 5.91 Å². The topological polar surface area (TPSA) is 74.2 Å². The number of amides is 1. The molecule has 0 spiro atoms. The van der Waals surface area contributed by atoms with Crippen LogP contribution in [-0.2, 0) is 12.8 Å². The van der Waals surface area contributed by atoms with E-state index in [0.29, 0.717) is 21.9 Å². The number of aryl methyl sites for hydroxylation is 2. The van der Waals surface area contributed by atoms with Crippen molar-refractivity contribution >= 4 is 39.6 Å². The van der Waals surface area contributed by atoms with Crippen molar-refractivity contribution in [1.82, 2.24) is 5.32 Å². The zero-order valence-corrected chi connectivity index (χ0v) is 16.3. The molecule has 2 N–H and O–H groups in total. The first-order chi connectivity index (χ1) is 12.5. The summed E-state index contributed by atoms with van der Waals surface area (Å²) in [6, 6.07) is 7.64. The third-order valence-electron chi connectivity index (χ3n) is 4.40. The number of hydrogen-bond acceptors (Lipinski definition) is 5. The summed E-state index contributed by atoms with van der Waals surface area (Å²) in [4.78, 5) is 13.8. The van der Waals surface area contributed by atoms with Gasteiger partial charge in [-0.25, -0.2) is 0 Å². The van der Waals surface area contributed by atoms with E-state index in [-0.39, 0.29) is 11.0 Å². The highest BCUT2D eigenvalue weighted by Crippen LogP contribution is 2.37. The third-order valence-corrected chi connectivity index (χ3v) is 5.81. The van der Waals surface area contributed by atoms with Crippen molar-refractivity contribution in [2.45, 2.75) is 32.6 Å². The largest absolute Gasteiger partial charge is 0.496 e. The van der Waals surface area contributed by atoms with E-state index in [9.17, 15) is 10.1 Å². The van der Waals surface area contributed by atoms with Crippen LogP contribution in [0, 0.1) is 18.3 Å². The molecule has 1 aromatic carbocycles. The molecule has 0 atom stereocenters. The average Bonchev–Trinajstić information content (AvgIpc) is 2.98. The molecule has 0 saturated carbocycles. The Morgan fingerprint density at radius 2 is 2.12 bits per heavy atom. The fourth-order valence-electron chi connectivity index (χ4n) is 3.18. The summed E-state index contributed by atoms with van der Waals surface area (Å²) in [6.45, 7) is 1.88. The lowest BCUT2D eigenvalue weighted by Gasteiger charge is -2.12. The monoisotopic (exact) mass is 385 g/mol. The van der Waals surface area contributed by atoms with Crippen LogP contribution < -0.4 is 15.4 Å². The quantitative estimate of drug-likeness (QED) is 0.783. The second-order valence-corrected chi connectivity index (χ2v) is 7.60. The number of carbonyl (C=O) groups is 1. The maximum absolute atomic E-state index is 12.5. The number of fused-ring (bicyclic) bond motifs is 1. The minimum absolute atomic E-state index is 0.175. The number of nitrogens with one attached hydrogen (secondary N) is 2. The molecule has 1 aromatic heterocycles. The van der Waals surface area contributed by atoms with E-state index in [1.54, 1.807) is 23.5 Å². The van der Waals surface area contributed by atoms with Gasteiger partial charge in [-0.1, -0.05) is 12.1 Å². The molecule has 134 valence electrons. The maximum atomic E-state index is 12.5. The molecule has 0 bridgehead atoms. The number of para-hydroxylation sites is 1. The maximum Gasteiger partial charge on any atom is 0.261 e. The van der Waals surface area contributed by atoms with E-state index in [1.165, 1.54) is 12.0 Å². The van der Waals surface area contributed by atoms with Crippen molar-refractivity contribution in [1.29, 1.82) is 5.26 Å². The molecule has 1 aliphatic rings. The van der Waals surface area contributed by atoms with E-state index >= 15 is 0 Å². The van der Waals surface area contributed by atoms with Crippen molar-refractivity contribution in [2.24, 2.45) is 0 Å². The van der Waals surface area contributed by atoms with E-state index in [2.05, 4.69) is 16.7 Å². The molecular formula is C19H19N3O2S2. The second kappa shape index (κ2) is 7.85. The Kier molecular flexibility index (Phi) is 5.55. The van der Waals surface area contributed by atoms with Gasteiger partial charge < -0.3 is 10.1 Å². The Hall–Kier alpha value is -2.43. The SMILES string of the molecule is COc1c(C)cccc1C(=O)NC(=S)Nc1sc2c(c1C#N)CCCC2. The van der Waals surface area contributed by atoms with Gasteiger partial charge in [-0.15, -0.1) is 11.3 Å². The number of anilines is 1. The van der Waals surface area contributed by atoms with Crippen LogP contribution in [0.25, 0.3) is 0 Å². The molecule has 1 aliphatic carbocycles. The summed E-state index contributed by atoms with van der Waals surface area (Å²) in [5, 5.41) is 16.1. The zero-order chi connectivity index (χ0) is 18.7. The zero-order valence-electron chi connectivity index (χ0n) is 14.6. The Morgan fingerprint density at radius 1 is 1.35 bits per heavy atom. The van der Waals surface area contributed by atoms with E-state index in [1.807, 2.05) is 13.0 Å². The van der Waals surface area contributed by atoms with Gasteiger partial charge in [0.05, 0.1) is 18.2 Å². The second-order valence-electron chi connectivity index (χ2n) is 6.09. The number of rotatable bonds is 3. The van der Waals surface area contributed by atoms with Gasteiger partial charge in [0.15, 0.2) is 5.11 Å². The molecule has 26 heavy (non-hydrogen) atoms. The highest BCUT2D eigenvalue weighted by Gasteiger charge is 2.22. The van der Waals surface area contributed by atoms with Crippen LogP contribution in [0.5, 0.6) is 5.75 Å². The summed E-state index contributed by atoms with van der Waals surface area (Å²) in [5.74, 6) is 0.181. The highest BCUT2D eigenvalue weighted by molar-refractivity contribution is 7.80. The molecule has 0 aliphatic heterocycles. The minimum Gasteiger partial charge on any atom is -0.496 e. The molecule has 3 rings (SSSR count). The number of benzene rings is 1. The summed E-state index contributed by atoms with van der Waals surface area (Å²) in [6.07, 6.45) is 4.17. The molecule has 1 amide bonds. The van der Waals surface area contributed by atoms with Gasteiger partial charge >= 0.3 is 0 Å². The fraction of sp³-hybridized carbons (Fsp3) is 0.316. The molecule has 1 heterocycles. The molecule has 7 heteroatoms. The lowest BCUT2D eigenvalue weighted by Crippen LogP contribution is -2.34. The van der Waals surface area contributed by atoms with Crippen LogP contribution in [0.4, 0.5) is 5.00 Å². The number of methoxy groups -OCH3 is 1. The first-order valence-corrected chi connectivity index (χ1v) is 9.58. The Labute approximate surface area is 162 Å². The van der Waals surface area contributed by atoms with Crippen molar-refractivity contribution in [2.75, 3.05) is 12.4 Å². The lowest BCUT2D eigenvalue weighted by atomic mass is 9.96. The van der Waals surface area contributed by atoms with Crippen LogP contribution in [0.3, 0.4) is 0 Å². The highest BCUT2D eigenvalue weighted by atomic mass is 32.1. The third kappa shape index (κ3) is 3.57. The van der Waals surface area contributed by atoms with Crippen molar-refractivity contribution < 1.29 is 9.53 Å². The van der Waals surface area contributed by atoms with Crippen molar-refractivity contribution in [3.63, 3.8) is 0 Å². The number of nitrogens with zero attached hydrogens (tertiary/aromatic N) is 1. The van der Waals surface area contributed by atoms with E-state index in [4.69, 9.17) is 17.0 Å². The number of carbonyl (C=O) groups excluding carboxylic acids is 1. The molecule has 2 aromatic rings. The van der Waals surface area contributed by atoms with Crippen LogP contribution in [0.2, 0.25) is 0 Å². The van der Waals surface area contributed by atoms with Crippen molar-refractivity contribution in [3.05, 3.63) is 45.3 Å². The number of ether oxygens (including phenoxy) is 1. The predicted molar refractivity (Wildman–Crippen MR) is 107 cm³/mol. The molecule has 0 saturated heterocycles. The van der Waals surface area contributed by atoms with Crippen LogP contribution >= 0.6 is 23.6 Å². The molecule has 0 unspecified atom stereocenters. The summed E-state index contributed by atoms with van der Waals surface area (Å²) >= 11 is 6.84. The Bertz CT molecular complexity index is 912. The smallest absolute Gasteiger partial charge is 0.261 e. The fourth-order valence-corrected chi connectivity index (χ4v) is 4.68. The Morgan fingerprint density at radius 3 is 2.85 bits per heavy atom. The first kappa shape index (κ1) is 18.4. The average molecular weight is 386 g/mol. The van der Waals surface area contributed by atoms with Crippen LogP contribution in [-0.4, -0.2) is 18.1 Å². The normalized spacial score (nSPS) is 12.7. The Balaban J connectivity index is 1.76. The van der Waals surface area contributed by atoms with Gasteiger partial charge in [-0.2, -0.15) is 5.26 Å². The van der Waals surface area contributed by atoms with Crippen molar-refractivity contribution in [3.8, 4) is 11.8 Å². The minimum atomic E-state index is -0.345. The molecule has 5 nitrogen and oxygen atoms in total. The van der Waals surface area contributed by atoms with E-state index < -0.39 is 0 Å². The van der Waals surface area contributed by atoms with Gasteiger partial charge in [0.2, 0.25) is 0 Å². The number of nitriles is 1. The first-order valence-electron chi connectivity index (χ1n) is 8.35. The molecular weight excluding hydrogens is 366 g/mol. The lowest BCUT2D eigenvalue weighted by molar-refractivity contribution is 0.0974. The van der Waals surface area contributed by atoms with E-state index in [0.717, 1.165) is 36.8 Å². The standard InChI is InChI=1S/C19H19N3O2S2/c1-11-6-5-8-13(16(11)24-2)17(23)21-19(25)22-18-14(10-20)12-7-3-4-9-15(12)26-18/h5-6,8H,3-4,7,9H2,1-2H3,(H2,21,22,23,25). The summed E-state index contributed by atoms with van der Waals surface area (Å²) in [5.41, 5.74) is 3.06.